The molecule has 2 heterocycles. The molecule has 5 nitrogen and oxygen atoms in total. The minimum atomic E-state index is 0.460. The van der Waals surface area contributed by atoms with Gasteiger partial charge in [-0.2, -0.15) is 0 Å². The molecule has 1 N–H and O–H groups in total. The van der Waals surface area contributed by atoms with E-state index in [0.29, 0.717) is 29.4 Å². The molecule has 2 fully saturated rings. The average Bonchev–Trinajstić information content (AvgIpc) is 3.08. The zero-order chi connectivity index (χ0) is 12.4. The van der Waals surface area contributed by atoms with Gasteiger partial charge in [0.05, 0.1) is 13.2 Å². The normalized spacial score (nSPS) is 23.3. The van der Waals surface area contributed by atoms with Crippen LogP contribution in [0.4, 0.5) is 5.82 Å². The molecule has 1 aromatic heterocycles. The zero-order valence-electron chi connectivity index (χ0n) is 10.1. The van der Waals surface area contributed by atoms with Crippen LogP contribution >= 0.6 is 11.6 Å². The van der Waals surface area contributed by atoms with Crippen LogP contribution in [-0.2, 0) is 9.57 Å². The fourth-order valence-electron chi connectivity index (χ4n) is 1.96. The number of hydrogen-bond acceptors (Lipinski definition) is 5. The molecule has 0 radical (unpaired) electrons. The van der Waals surface area contributed by atoms with E-state index >= 15 is 0 Å². The maximum atomic E-state index is 5.96. The molecule has 0 spiro atoms. The van der Waals surface area contributed by atoms with Crippen LogP contribution in [0.25, 0.3) is 0 Å². The van der Waals surface area contributed by atoms with Crippen LogP contribution in [0.5, 0.6) is 0 Å². The minimum absolute atomic E-state index is 0.460. The third-order valence-electron chi connectivity index (χ3n) is 3.17. The summed E-state index contributed by atoms with van der Waals surface area (Å²) < 4.78 is 5.28. The third kappa shape index (κ3) is 3.10. The van der Waals surface area contributed by atoms with Crippen molar-refractivity contribution in [3.63, 3.8) is 0 Å². The van der Waals surface area contributed by atoms with E-state index in [1.54, 1.807) is 6.07 Å². The highest BCUT2D eigenvalue weighted by Gasteiger charge is 2.27. The van der Waals surface area contributed by atoms with Crippen LogP contribution in [-0.4, -0.2) is 29.8 Å². The van der Waals surface area contributed by atoms with Crippen LogP contribution < -0.4 is 5.48 Å². The first-order chi connectivity index (χ1) is 8.81. The van der Waals surface area contributed by atoms with Gasteiger partial charge in [0.25, 0.3) is 0 Å². The lowest BCUT2D eigenvalue weighted by molar-refractivity contribution is 0.126. The van der Waals surface area contributed by atoms with Crippen molar-refractivity contribution in [2.24, 2.45) is 5.92 Å². The van der Waals surface area contributed by atoms with Crippen LogP contribution in [0.2, 0.25) is 5.15 Å². The SMILES string of the molecule is Clc1cc(NOCC2CCOC2)nc(C2CC2)n1. The molecular formula is C12H16ClN3O2. The number of ether oxygens (including phenoxy) is 1. The molecule has 1 atom stereocenters. The molecule has 98 valence electrons. The molecule has 1 aromatic rings. The van der Waals surface area contributed by atoms with E-state index in [0.717, 1.165) is 38.3 Å². The van der Waals surface area contributed by atoms with Crippen LogP contribution in [0, 0.1) is 5.92 Å². The molecule has 1 aliphatic heterocycles. The fraction of sp³-hybridized carbons (Fsp3) is 0.667. The highest BCUT2D eigenvalue weighted by Crippen LogP contribution is 2.38. The first-order valence-electron chi connectivity index (χ1n) is 6.31. The summed E-state index contributed by atoms with van der Waals surface area (Å²) in [5.74, 6) is 2.40. The van der Waals surface area contributed by atoms with Crippen LogP contribution in [0.3, 0.4) is 0 Å². The lowest BCUT2D eigenvalue weighted by Crippen LogP contribution is -2.14. The van der Waals surface area contributed by atoms with E-state index in [4.69, 9.17) is 21.2 Å². The Labute approximate surface area is 111 Å². The summed E-state index contributed by atoms with van der Waals surface area (Å²) in [6, 6.07) is 1.68. The van der Waals surface area contributed by atoms with Crippen molar-refractivity contribution in [1.82, 2.24) is 9.97 Å². The summed E-state index contributed by atoms with van der Waals surface area (Å²) in [6.45, 7) is 2.24. The van der Waals surface area contributed by atoms with E-state index < -0.39 is 0 Å². The second kappa shape index (κ2) is 5.38. The number of nitrogens with one attached hydrogen (secondary N) is 1. The van der Waals surface area contributed by atoms with Crippen molar-refractivity contribution < 1.29 is 9.57 Å². The Morgan fingerprint density at radius 1 is 1.39 bits per heavy atom. The topological polar surface area (TPSA) is 56.3 Å². The quantitative estimate of drug-likeness (QED) is 0.657. The zero-order valence-corrected chi connectivity index (χ0v) is 10.8. The minimum Gasteiger partial charge on any atom is -0.381 e. The molecule has 1 aliphatic carbocycles. The Morgan fingerprint density at radius 3 is 3.00 bits per heavy atom. The van der Waals surface area contributed by atoms with Gasteiger partial charge in [0.2, 0.25) is 0 Å². The summed E-state index contributed by atoms with van der Waals surface area (Å²) in [5.41, 5.74) is 2.84. The van der Waals surface area contributed by atoms with E-state index in [1.807, 2.05) is 0 Å². The number of hydrogen-bond donors (Lipinski definition) is 1. The van der Waals surface area contributed by atoms with Crippen LogP contribution in [0.1, 0.15) is 31.0 Å². The van der Waals surface area contributed by atoms with Crippen molar-refractivity contribution in [2.45, 2.75) is 25.2 Å². The van der Waals surface area contributed by atoms with E-state index in [9.17, 15) is 0 Å². The summed E-state index contributed by atoms with van der Waals surface area (Å²) in [5, 5.41) is 0.460. The standard InChI is InChI=1S/C12H16ClN3O2/c13-10-5-11(15-12(14-10)9-1-2-9)16-18-7-8-3-4-17-6-8/h5,8-9H,1-4,6-7H2,(H,14,15,16). The first kappa shape index (κ1) is 12.1. The predicted octanol–water partition coefficient (Wildman–Crippen LogP) is 2.39. The summed E-state index contributed by atoms with van der Waals surface area (Å²) in [6.07, 6.45) is 3.36. The predicted molar refractivity (Wildman–Crippen MR) is 67.5 cm³/mol. The Hall–Kier alpha value is -0.910. The molecule has 18 heavy (non-hydrogen) atoms. The number of anilines is 1. The fourth-order valence-corrected chi connectivity index (χ4v) is 2.15. The van der Waals surface area contributed by atoms with E-state index in [1.165, 1.54) is 0 Å². The van der Waals surface area contributed by atoms with Crippen molar-refractivity contribution in [3.8, 4) is 0 Å². The Morgan fingerprint density at radius 2 is 2.28 bits per heavy atom. The Bertz CT molecular complexity index is 420. The first-order valence-corrected chi connectivity index (χ1v) is 6.69. The smallest absolute Gasteiger partial charge is 0.154 e. The largest absolute Gasteiger partial charge is 0.381 e. The summed E-state index contributed by atoms with van der Waals surface area (Å²) in [7, 11) is 0. The lowest BCUT2D eigenvalue weighted by atomic mass is 10.1. The number of nitrogens with zero attached hydrogens (tertiary/aromatic N) is 2. The maximum absolute atomic E-state index is 5.96. The summed E-state index contributed by atoms with van der Waals surface area (Å²) >= 11 is 5.96. The van der Waals surface area contributed by atoms with Gasteiger partial charge in [-0.15, -0.1) is 0 Å². The molecule has 0 amide bonds. The molecule has 6 heteroatoms. The highest BCUT2D eigenvalue weighted by atomic mass is 35.5. The average molecular weight is 270 g/mol. The third-order valence-corrected chi connectivity index (χ3v) is 3.37. The van der Waals surface area contributed by atoms with Gasteiger partial charge < -0.3 is 4.74 Å². The van der Waals surface area contributed by atoms with E-state index in [2.05, 4.69) is 15.4 Å². The molecule has 1 unspecified atom stereocenters. The number of rotatable bonds is 5. The Kier molecular flexibility index (Phi) is 3.63. The second-order valence-corrected chi connectivity index (χ2v) is 5.24. The maximum Gasteiger partial charge on any atom is 0.154 e. The molecular weight excluding hydrogens is 254 g/mol. The van der Waals surface area contributed by atoms with Gasteiger partial charge in [-0.25, -0.2) is 15.4 Å². The lowest BCUT2D eigenvalue weighted by Gasteiger charge is -2.10. The van der Waals surface area contributed by atoms with Gasteiger partial charge in [0, 0.05) is 24.5 Å². The van der Waals surface area contributed by atoms with Crippen molar-refractivity contribution >= 4 is 17.4 Å². The van der Waals surface area contributed by atoms with Gasteiger partial charge in [-0.1, -0.05) is 11.6 Å². The number of halogens is 1. The Balaban J connectivity index is 1.54. The number of aromatic nitrogens is 2. The van der Waals surface area contributed by atoms with Crippen molar-refractivity contribution in [3.05, 3.63) is 17.0 Å². The molecule has 0 bridgehead atoms. The van der Waals surface area contributed by atoms with Crippen LogP contribution in [0.15, 0.2) is 6.07 Å². The summed E-state index contributed by atoms with van der Waals surface area (Å²) in [4.78, 5) is 14.1. The van der Waals surface area contributed by atoms with Crippen molar-refractivity contribution in [1.29, 1.82) is 0 Å². The van der Waals surface area contributed by atoms with Crippen molar-refractivity contribution in [2.75, 3.05) is 25.3 Å². The van der Waals surface area contributed by atoms with Gasteiger partial charge >= 0.3 is 0 Å². The second-order valence-electron chi connectivity index (χ2n) is 4.85. The molecule has 1 saturated carbocycles. The van der Waals surface area contributed by atoms with E-state index in [-0.39, 0.29) is 0 Å². The highest BCUT2D eigenvalue weighted by molar-refractivity contribution is 6.29. The van der Waals surface area contributed by atoms with Gasteiger partial charge in [0.1, 0.15) is 11.0 Å². The van der Waals surface area contributed by atoms with Gasteiger partial charge in [0.15, 0.2) is 5.82 Å². The van der Waals surface area contributed by atoms with Gasteiger partial charge in [-0.3, -0.25) is 4.84 Å². The molecule has 2 aliphatic rings. The molecule has 3 rings (SSSR count). The van der Waals surface area contributed by atoms with Gasteiger partial charge in [-0.05, 0) is 19.3 Å². The monoisotopic (exact) mass is 269 g/mol. The molecule has 0 aromatic carbocycles. The molecule has 1 saturated heterocycles.